The molecule has 0 radical (unpaired) electrons. The fourth-order valence-corrected chi connectivity index (χ4v) is 5.61. The molecule has 280 valence electrons. The molecule has 8 nitrogen and oxygen atoms in total. The summed E-state index contributed by atoms with van der Waals surface area (Å²) in [6.07, 6.45) is 37.4. The van der Waals surface area contributed by atoms with Gasteiger partial charge in [0.2, 0.25) is 5.91 Å². The van der Waals surface area contributed by atoms with Gasteiger partial charge < -0.3 is 28.8 Å². The number of carbonyl (C=O) groups is 1. The molecule has 0 heterocycles. The van der Waals surface area contributed by atoms with Crippen molar-refractivity contribution < 1.29 is 32.9 Å². The topological polar surface area (TPSA) is 108 Å². The second-order valence-corrected chi connectivity index (χ2v) is 15.3. The number of nitrogens with zero attached hydrogens (tertiary/aromatic N) is 1. The van der Waals surface area contributed by atoms with E-state index < -0.39 is 26.6 Å². The maximum atomic E-state index is 12.7. The van der Waals surface area contributed by atoms with Crippen molar-refractivity contribution >= 4 is 13.7 Å². The number of aliphatic hydroxyl groups excluding tert-OH is 1. The predicted molar refractivity (Wildman–Crippen MR) is 201 cm³/mol. The molecule has 3 unspecified atom stereocenters. The van der Waals surface area contributed by atoms with Crippen LogP contribution in [0.2, 0.25) is 0 Å². The normalized spacial score (nSPS) is 15.2. The first-order valence-electron chi connectivity index (χ1n) is 19.0. The minimum absolute atomic E-state index is 0.0102. The Balaban J connectivity index is 4.44. The smallest absolute Gasteiger partial charge is 0.268 e. The number of amides is 1. The number of allylic oxidation sites excluding steroid dienone is 7. The summed E-state index contributed by atoms with van der Waals surface area (Å²) in [7, 11) is 1.22. The molecule has 3 atom stereocenters. The van der Waals surface area contributed by atoms with Crippen LogP contribution in [0.1, 0.15) is 142 Å². The molecule has 0 rings (SSSR count). The lowest BCUT2D eigenvalue weighted by atomic mass is 10.1. The Morgan fingerprint density at radius 2 is 1.25 bits per heavy atom. The van der Waals surface area contributed by atoms with Gasteiger partial charge in [0.05, 0.1) is 39.9 Å². The van der Waals surface area contributed by atoms with Gasteiger partial charge in [-0.2, -0.15) is 0 Å². The standard InChI is InChI=1S/C39H73N2O6P/c1-6-8-10-12-14-16-17-18-19-20-21-22-23-24-25-27-29-31-33-39(43)40-37(36-47-48(44,45)46-35-34-41(3,4)5)38(42)32-30-28-26-15-13-11-9-7-2/h13,15-17,19-20,30,32,37-38,42H,6-12,14,18,21-29,31,33-36H2,1-5H3,(H-,40,43,44,45)/b15-13+,17-16-,20-19-,32-30+. The van der Waals surface area contributed by atoms with Crippen LogP contribution in [0.4, 0.5) is 0 Å². The van der Waals surface area contributed by atoms with Gasteiger partial charge in [-0.3, -0.25) is 9.36 Å². The third-order valence-corrected chi connectivity index (χ3v) is 8.98. The molecular weight excluding hydrogens is 623 g/mol. The quantitative estimate of drug-likeness (QED) is 0.0307. The van der Waals surface area contributed by atoms with E-state index in [1.54, 1.807) is 6.08 Å². The van der Waals surface area contributed by atoms with E-state index in [1.165, 1.54) is 64.2 Å². The second-order valence-electron chi connectivity index (χ2n) is 13.9. The second kappa shape index (κ2) is 31.4. The average Bonchev–Trinajstić information content (AvgIpc) is 3.02. The molecule has 0 fully saturated rings. The number of hydrogen-bond donors (Lipinski definition) is 2. The van der Waals surface area contributed by atoms with Crippen molar-refractivity contribution in [2.24, 2.45) is 0 Å². The van der Waals surface area contributed by atoms with E-state index in [0.717, 1.165) is 57.8 Å². The number of hydrogen-bond acceptors (Lipinski definition) is 6. The van der Waals surface area contributed by atoms with Crippen LogP contribution in [0.15, 0.2) is 48.6 Å². The first kappa shape index (κ1) is 46.5. The Morgan fingerprint density at radius 1 is 0.729 bits per heavy atom. The van der Waals surface area contributed by atoms with E-state index in [-0.39, 0.29) is 12.5 Å². The van der Waals surface area contributed by atoms with Gasteiger partial charge >= 0.3 is 0 Å². The molecule has 0 aliphatic rings. The first-order chi connectivity index (χ1) is 23.0. The molecule has 1 amide bonds. The third kappa shape index (κ3) is 33.0. The van der Waals surface area contributed by atoms with Crippen molar-refractivity contribution in [2.75, 3.05) is 40.9 Å². The zero-order valence-corrected chi connectivity index (χ0v) is 32.3. The van der Waals surface area contributed by atoms with Gasteiger partial charge in [0.25, 0.3) is 7.82 Å². The van der Waals surface area contributed by atoms with Gasteiger partial charge in [0.15, 0.2) is 0 Å². The van der Waals surface area contributed by atoms with Crippen LogP contribution in [0.25, 0.3) is 0 Å². The van der Waals surface area contributed by atoms with E-state index in [2.05, 4.69) is 55.6 Å². The fraction of sp³-hybridized carbons (Fsp3) is 0.769. The predicted octanol–water partition coefficient (Wildman–Crippen LogP) is 9.11. The summed E-state index contributed by atoms with van der Waals surface area (Å²) in [6.45, 7) is 4.49. The van der Waals surface area contributed by atoms with Crippen LogP contribution in [-0.2, 0) is 18.4 Å². The highest BCUT2D eigenvalue weighted by atomic mass is 31.2. The summed E-state index contributed by atoms with van der Waals surface area (Å²) >= 11 is 0. The third-order valence-electron chi connectivity index (χ3n) is 8.01. The van der Waals surface area contributed by atoms with Gasteiger partial charge in [-0.05, 0) is 57.8 Å². The molecule has 0 saturated heterocycles. The lowest BCUT2D eigenvalue weighted by Gasteiger charge is -2.29. The van der Waals surface area contributed by atoms with Crippen LogP contribution < -0.4 is 10.2 Å². The minimum Gasteiger partial charge on any atom is -0.756 e. The highest BCUT2D eigenvalue weighted by molar-refractivity contribution is 7.45. The molecule has 0 bridgehead atoms. The summed E-state index contributed by atoms with van der Waals surface area (Å²) in [4.78, 5) is 25.1. The minimum atomic E-state index is -4.58. The van der Waals surface area contributed by atoms with Gasteiger partial charge in [-0.1, -0.05) is 127 Å². The Morgan fingerprint density at radius 3 is 1.88 bits per heavy atom. The highest BCUT2D eigenvalue weighted by Gasteiger charge is 2.23. The number of carbonyl (C=O) groups excluding carboxylic acids is 1. The Kier molecular flexibility index (Phi) is 30.4. The van der Waals surface area contributed by atoms with Gasteiger partial charge in [-0.25, -0.2) is 0 Å². The van der Waals surface area contributed by atoms with Crippen LogP contribution in [0, 0.1) is 0 Å². The summed E-state index contributed by atoms with van der Waals surface area (Å²) in [6, 6.07) is -0.904. The molecule has 0 aromatic heterocycles. The largest absolute Gasteiger partial charge is 0.756 e. The number of quaternary nitrogens is 1. The van der Waals surface area contributed by atoms with Gasteiger partial charge in [0.1, 0.15) is 13.2 Å². The molecule has 0 aliphatic heterocycles. The fourth-order valence-electron chi connectivity index (χ4n) is 4.89. The Hall–Kier alpha value is -1.54. The molecule has 48 heavy (non-hydrogen) atoms. The molecular formula is C39H73N2O6P. The molecule has 0 saturated carbocycles. The van der Waals surface area contributed by atoms with Crippen molar-refractivity contribution in [1.82, 2.24) is 5.32 Å². The van der Waals surface area contributed by atoms with E-state index in [1.807, 2.05) is 27.2 Å². The Bertz CT molecular complexity index is 928. The van der Waals surface area contributed by atoms with E-state index in [4.69, 9.17) is 9.05 Å². The summed E-state index contributed by atoms with van der Waals surface area (Å²) in [5.41, 5.74) is 0. The number of unbranched alkanes of at least 4 members (excludes halogenated alkanes) is 14. The number of likely N-dealkylation sites (N-methyl/N-ethyl adjacent to an activating group) is 1. The van der Waals surface area contributed by atoms with E-state index in [9.17, 15) is 19.4 Å². The van der Waals surface area contributed by atoms with Crippen molar-refractivity contribution in [1.29, 1.82) is 0 Å². The molecule has 0 aliphatic carbocycles. The average molecular weight is 697 g/mol. The maximum Gasteiger partial charge on any atom is 0.268 e. The Labute approximate surface area is 295 Å². The lowest BCUT2D eigenvalue weighted by molar-refractivity contribution is -0.870. The summed E-state index contributed by atoms with van der Waals surface area (Å²) in [5, 5.41) is 13.6. The number of nitrogens with one attached hydrogen (secondary N) is 1. The number of phosphoric acid groups is 1. The van der Waals surface area contributed by atoms with E-state index in [0.29, 0.717) is 17.4 Å². The molecule has 0 aromatic carbocycles. The maximum absolute atomic E-state index is 12.7. The SMILES string of the molecule is CCCC/C=C/CC/C=C/C(O)C(COP(=O)([O-])OCC[N+](C)(C)C)NC(=O)CCCCCCCCC/C=C\C/C=C\CCCCCC. The van der Waals surface area contributed by atoms with Crippen LogP contribution in [0.5, 0.6) is 0 Å². The molecule has 0 spiro atoms. The van der Waals surface area contributed by atoms with Crippen LogP contribution in [-0.4, -0.2) is 68.5 Å². The molecule has 9 heteroatoms. The number of rotatable bonds is 33. The molecule has 2 N–H and O–H groups in total. The van der Waals surface area contributed by atoms with Crippen LogP contribution >= 0.6 is 7.82 Å². The van der Waals surface area contributed by atoms with Gasteiger partial charge in [-0.15, -0.1) is 0 Å². The van der Waals surface area contributed by atoms with Crippen LogP contribution in [0.3, 0.4) is 0 Å². The van der Waals surface area contributed by atoms with Crippen molar-refractivity contribution in [3.05, 3.63) is 48.6 Å². The first-order valence-corrected chi connectivity index (χ1v) is 20.5. The molecule has 0 aromatic rings. The lowest BCUT2D eigenvalue weighted by Crippen LogP contribution is -2.45. The van der Waals surface area contributed by atoms with Crippen molar-refractivity contribution in [2.45, 2.75) is 154 Å². The zero-order valence-electron chi connectivity index (χ0n) is 31.4. The zero-order chi connectivity index (χ0) is 35.8. The van der Waals surface area contributed by atoms with E-state index >= 15 is 0 Å². The number of phosphoric ester groups is 1. The highest BCUT2D eigenvalue weighted by Crippen LogP contribution is 2.38. The monoisotopic (exact) mass is 697 g/mol. The van der Waals surface area contributed by atoms with Gasteiger partial charge in [0, 0.05) is 6.42 Å². The summed E-state index contributed by atoms with van der Waals surface area (Å²) < 4.78 is 23.0. The summed E-state index contributed by atoms with van der Waals surface area (Å²) in [5.74, 6) is -0.222. The van der Waals surface area contributed by atoms with Crippen molar-refractivity contribution in [3.8, 4) is 0 Å². The number of aliphatic hydroxyl groups is 1. The van der Waals surface area contributed by atoms with Crippen molar-refractivity contribution in [3.63, 3.8) is 0 Å².